The van der Waals surface area contributed by atoms with Crippen LogP contribution in [-0.4, -0.2) is 13.3 Å². The molecule has 3 aliphatic heterocycles. The Labute approximate surface area is 259 Å². The Kier molecular flexibility index (Phi) is 6.63. The van der Waals surface area contributed by atoms with Gasteiger partial charge in [0.25, 0.3) is 0 Å². The zero-order valence-corrected chi connectivity index (χ0v) is 24.7. The van der Waals surface area contributed by atoms with Gasteiger partial charge in [-0.3, -0.25) is 0 Å². The van der Waals surface area contributed by atoms with Crippen LogP contribution in [-0.2, 0) is 23.3 Å². The average molecular weight is 578 g/mol. The summed E-state index contributed by atoms with van der Waals surface area (Å²) in [5.74, 6) is 2.97. The number of nitrogens with zero attached hydrogens (tertiary/aromatic N) is 1. The first-order chi connectivity index (χ1) is 21.7. The van der Waals surface area contributed by atoms with Crippen molar-refractivity contribution in [2.45, 2.75) is 37.3 Å². The highest BCUT2D eigenvalue weighted by Crippen LogP contribution is 2.52. The number of benzene rings is 5. The molecule has 8 rings (SSSR count). The summed E-state index contributed by atoms with van der Waals surface area (Å²) in [4.78, 5) is 2.26. The van der Waals surface area contributed by atoms with Crippen molar-refractivity contribution in [2.75, 3.05) is 18.2 Å². The molecule has 44 heavy (non-hydrogen) atoms. The lowest BCUT2D eigenvalue weighted by Crippen LogP contribution is -2.33. The van der Waals surface area contributed by atoms with Gasteiger partial charge in [0, 0.05) is 46.0 Å². The van der Waals surface area contributed by atoms with Crippen molar-refractivity contribution in [3.05, 3.63) is 167 Å². The molecular formula is C40H35NO3. The van der Waals surface area contributed by atoms with Gasteiger partial charge in [0.15, 0.2) is 12.3 Å². The van der Waals surface area contributed by atoms with E-state index in [9.17, 15) is 0 Å². The van der Waals surface area contributed by atoms with Gasteiger partial charge in [-0.15, -0.1) is 0 Å². The van der Waals surface area contributed by atoms with E-state index < -0.39 is 5.60 Å². The van der Waals surface area contributed by atoms with Gasteiger partial charge >= 0.3 is 0 Å². The Hall–Kier alpha value is -4.96. The molecule has 0 N–H and O–H groups in total. The third kappa shape index (κ3) is 4.53. The van der Waals surface area contributed by atoms with Gasteiger partial charge in [0.1, 0.15) is 17.3 Å². The minimum Gasteiger partial charge on any atom is -0.493 e. The highest BCUT2D eigenvalue weighted by Gasteiger charge is 2.46. The molecule has 5 aromatic carbocycles. The summed E-state index contributed by atoms with van der Waals surface area (Å²) in [6, 6.07) is 42.8. The Morgan fingerprint density at radius 3 is 2.18 bits per heavy atom. The Morgan fingerprint density at radius 1 is 0.705 bits per heavy atom. The van der Waals surface area contributed by atoms with E-state index >= 15 is 0 Å². The van der Waals surface area contributed by atoms with Crippen molar-refractivity contribution in [3.63, 3.8) is 0 Å². The van der Waals surface area contributed by atoms with E-state index in [-0.39, 0.29) is 0 Å². The van der Waals surface area contributed by atoms with E-state index in [4.69, 9.17) is 14.2 Å². The second-order valence-electron chi connectivity index (χ2n) is 12.0. The fraction of sp³-hybridized carbons (Fsp3) is 0.200. The molecule has 218 valence electrons. The summed E-state index contributed by atoms with van der Waals surface area (Å²) in [5, 5.41) is 0. The maximum Gasteiger partial charge on any atom is 0.185 e. The van der Waals surface area contributed by atoms with E-state index in [1.165, 1.54) is 11.1 Å². The molecule has 3 aliphatic rings. The monoisotopic (exact) mass is 577 g/mol. The van der Waals surface area contributed by atoms with Gasteiger partial charge in [0.05, 0.1) is 6.61 Å². The van der Waals surface area contributed by atoms with Crippen LogP contribution < -0.4 is 14.4 Å². The van der Waals surface area contributed by atoms with Crippen LogP contribution in [0.25, 0.3) is 5.76 Å². The lowest BCUT2D eigenvalue weighted by molar-refractivity contribution is 0.138. The molecule has 0 saturated carbocycles. The third-order valence-electron chi connectivity index (χ3n) is 9.39. The first-order valence-electron chi connectivity index (χ1n) is 15.5. The SMILES string of the molecule is C=C1OC(c2ccc3c(c2)CCCC(c2ccccc2)CO3)(c2ccc3c(c2)CN(c2ccccc2)CO3)c2ccccc21. The zero-order chi connectivity index (χ0) is 29.5. The Morgan fingerprint density at radius 2 is 1.39 bits per heavy atom. The molecule has 0 radical (unpaired) electrons. The Bertz CT molecular complexity index is 1830. The van der Waals surface area contributed by atoms with Gasteiger partial charge in [-0.05, 0) is 66.8 Å². The van der Waals surface area contributed by atoms with Crippen LogP contribution in [0.3, 0.4) is 0 Å². The molecule has 0 fully saturated rings. The minimum absolute atomic E-state index is 0.400. The lowest BCUT2D eigenvalue weighted by Gasteiger charge is -2.35. The van der Waals surface area contributed by atoms with E-state index in [0.29, 0.717) is 25.0 Å². The van der Waals surface area contributed by atoms with Crippen LogP contribution in [0.1, 0.15) is 57.7 Å². The molecule has 3 heterocycles. The molecule has 2 unspecified atom stereocenters. The quantitative estimate of drug-likeness (QED) is 0.214. The molecule has 0 saturated heterocycles. The summed E-state index contributed by atoms with van der Waals surface area (Å²) >= 11 is 0. The van der Waals surface area contributed by atoms with Crippen LogP contribution in [0.15, 0.2) is 128 Å². The first-order valence-corrected chi connectivity index (χ1v) is 15.5. The molecule has 4 heteroatoms. The van der Waals surface area contributed by atoms with Crippen molar-refractivity contribution in [1.82, 2.24) is 0 Å². The number of hydrogen-bond acceptors (Lipinski definition) is 4. The average Bonchev–Trinajstić information content (AvgIpc) is 3.38. The van der Waals surface area contributed by atoms with Crippen LogP contribution in [0.2, 0.25) is 0 Å². The number of fused-ring (bicyclic) bond motifs is 3. The van der Waals surface area contributed by atoms with Crippen LogP contribution >= 0.6 is 0 Å². The second kappa shape index (κ2) is 10.9. The fourth-order valence-corrected chi connectivity index (χ4v) is 7.13. The van der Waals surface area contributed by atoms with Gasteiger partial charge < -0.3 is 19.1 Å². The number of ether oxygens (including phenoxy) is 3. The summed E-state index contributed by atoms with van der Waals surface area (Å²) in [6.07, 6.45) is 3.15. The topological polar surface area (TPSA) is 30.9 Å². The van der Waals surface area contributed by atoms with Crippen LogP contribution in [0.5, 0.6) is 11.5 Å². The third-order valence-corrected chi connectivity index (χ3v) is 9.39. The van der Waals surface area contributed by atoms with Crippen molar-refractivity contribution < 1.29 is 14.2 Å². The summed E-state index contributed by atoms with van der Waals surface area (Å²) in [6.45, 7) is 6.31. The zero-order valence-electron chi connectivity index (χ0n) is 24.7. The number of anilines is 1. The molecule has 0 amide bonds. The summed E-state index contributed by atoms with van der Waals surface area (Å²) < 4.78 is 19.6. The highest BCUT2D eigenvalue weighted by atomic mass is 16.5. The first kappa shape index (κ1) is 26.7. The summed E-state index contributed by atoms with van der Waals surface area (Å²) in [5.41, 5.74) is 8.33. The van der Waals surface area contributed by atoms with Gasteiger partial charge in [-0.2, -0.15) is 0 Å². The van der Waals surface area contributed by atoms with Crippen LogP contribution in [0.4, 0.5) is 5.69 Å². The van der Waals surface area contributed by atoms with Crippen LogP contribution in [0, 0.1) is 0 Å². The van der Waals surface area contributed by atoms with E-state index in [2.05, 4.69) is 127 Å². The molecule has 2 atom stereocenters. The molecule has 0 aliphatic carbocycles. The van der Waals surface area contributed by atoms with Crippen molar-refractivity contribution in [2.24, 2.45) is 0 Å². The standard InChI is InChI=1S/C40H35NO3/c1-28-36-17-8-9-18-37(36)40(44-28,34-20-22-39-32(24-34)25-41(27-43-39)35-15-6-3-7-16-35)33-19-21-38-30(23-33)13-10-14-31(26-42-38)29-11-4-2-5-12-29/h2-9,11-12,15-24,31H,1,10,13-14,25-27H2. The van der Waals surface area contributed by atoms with E-state index in [1.807, 2.05) is 6.07 Å². The minimum atomic E-state index is -0.832. The lowest BCUT2D eigenvalue weighted by atomic mass is 9.78. The largest absolute Gasteiger partial charge is 0.493 e. The Balaban J connectivity index is 1.19. The molecular weight excluding hydrogens is 542 g/mol. The number of para-hydroxylation sites is 1. The van der Waals surface area contributed by atoms with E-state index in [1.54, 1.807) is 0 Å². The second-order valence-corrected chi connectivity index (χ2v) is 12.0. The summed E-state index contributed by atoms with van der Waals surface area (Å²) in [7, 11) is 0. The smallest absolute Gasteiger partial charge is 0.185 e. The molecule has 0 spiro atoms. The maximum atomic E-state index is 6.93. The number of hydrogen-bond donors (Lipinski definition) is 0. The predicted molar refractivity (Wildman–Crippen MR) is 175 cm³/mol. The van der Waals surface area contributed by atoms with E-state index in [0.717, 1.165) is 70.8 Å². The maximum absolute atomic E-state index is 6.93. The fourth-order valence-electron chi connectivity index (χ4n) is 7.13. The normalized spacial score (nSPS) is 20.6. The van der Waals surface area contributed by atoms with Gasteiger partial charge in [-0.25, -0.2) is 0 Å². The van der Waals surface area contributed by atoms with Crippen molar-refractivity contribution in [1.29, 1.82) is 0 Å². The van der Waals surface area contributed by atoms with Crippen molar-refractivity contribution >= 4 is 11.4 Å². The highest BCUT2D eigenvalue weighted by molar-refractivity contribution is 5.72. The molecule has 0 bridgehead atoms. The predicted octanol–water partition coefficient (Wildman–Crippen LogP) is 8.83. The number of aryl methyl sites for hydroxylation is 1. The number of rotatable bonds is 4. The van der Waals surface area contributed by atoms with Gasteiger partial charge in [-0.1, -0.05) is 91.5 Å². The molecule has 5 aromatic rings. The van der Waals surface area contributed by atoms with Crippen molar-refractivity contribution in [3.8, 4) is 11.5 Å². The molecule has 0 aromatic heterocycles. The van der Waals surface area contributed by atoms with Gasteiger partial charge in [0.2, 0.25) is 0 Å². The molecule has 4 nitrogen and oxygen atoms in total.